The van der Waals surface area contributed by atoms with Gasteiger partial charge in [0.1, 0.15) is 18.2 Å². The molecule has 0 heterocycles. The molecule has 0 aromatic heterocycles. The van der Waals surface area contributed by atoms with Crippen LogP contribution in [0.15, 0.2) is 42.5 Å². The standard InChI is InChI=1S/C13H9BF5O.K/c15-10-6-5-9(12(16)7-10)8-20-13-4-2-1-3-11(13)14(17,18)19;/h1-7H,8H2;/q-1;+1. The molecule has 0 N–H and O–H groups in total. The SMILES string of the molecule is Fc1ccc(COc2ccccc2[B-](F)(F)F)c(F)c1.[K+]. The summed E-state index contributed by atoms with van der Waals surface area (Å²) in [5, 5.41) is 0. The van der Waals surface area contributed by atoms with Crippen LogP contribution in [0.2, 0.25) is 0 Å². The van der Waals surface area contributed by atoms with Gasteiger partial charge < -0.3 is 17.7 Å². The molecule has 106 valence electrons. The van der Waals surface area contributed by atoms with Gasteiger partial charge in [0.15, 0.2) is 0 Å². The van der Waals surface area contributed by atoms with Gasteiger partial charge in [0.05, 0.1) is 5.75 Å². The van der Waals surface area contributed by atoms with Crippen LogP contribution in [0.25, 0.3) is 0 Å². The van der Waals surface area contributed by atoms with E-state index in [0.29, 0.717) is 6.07 Å². The summed E-state index contributed by atoms with van der Waals surface area (Å²) in [7, 11) is 0. The minimum Gasteiger partial charge on any atom is -0.492 e. The monoisotopic (exact) mass is 326 g/mol. The molecule has 0 saturated heterocycles. The fraction of sp³-hybridized carbons (Fsp3) is 0.0769. The predicted molar refractivity (Wildman–Crippen MR) is 65.8 cm³/mol. The summed E-state index contributed by atoms with van der Waals surface area (Å²) in [6, 6.07) is 7.49. The normalized spacial score (nSPS) is 10.9. The Labute approximate surface area is 161 Å². The van der Waals surface area contributed by atoms with Crippen molar-refractivity contribution in [3.8, 4) is 5.75 Å². The van der Waals surface area contributed by atoms with E-state index >= 15 is 0 Å². The molecular weight excluding hydrogens is 317 g/mol. The number of hydrogen-bond donors (Lipinski definition) is 0. The van der Waals surface area contributed by atoms with E-state index < -0.39 is 30.7 Å². The van der Waals surface area contributed by atoms with Gasteiger partial charge in [-0.05, 0) is 18.2 Å². The molecule has 0 fully saturated rings. The van der Waals surface area contributed by atoms with E-state index in [9.17, 15) is 21.7 Å². The second-order valence-electron chi connectivity index (χ2n) is 4.14. The summed E-state index contributed by atoms with van der Waals surface area (Å²) in [5.41, 5.74) is -0.897. The number of para-hydroxylation sites is 1. The van der Waals surface area contributed by atoms with Gasteiger partial charge in [0.25, 0.3) is 0 Å². The van der Waals surface area contributed by atoms with Crippen molar-refractivity contribution in [1.82, 2.24) is 0 Å². The number of rotatable bonds is 4. The summed E-state index contributed by atoms with van der Waals surface area (Å²) < 4.78 is 69.4. The molecule has 0 saturated carbocycles. The Morgan fingerprint density at radius 2 is 1.62 bits per heavy atom. The summed E-state index contributed by atoms with van der Waals surface area (Å²) in [6.45, 7) is -5.62. The molecule has 0 aliphatic heterocycles. The van der Waals surface area contributed by atoms with E-state index in [1.165, 1.54) is 12.1 Å². The third-order valence-electron chi connectivity index (χ3n) is 2.67. The molecule has 2 aromatic rings. The van der Waals surface area contributed by atoms with Crippen LogP contribution in [0, 0.1) is 11.6 Å². The van der Waals surface area contributed by atoms with Gasteiger partial charge in [-0.2, -0.15) is 0 Å². The van der Waals surface area contributed by atoms with Crippen molar-refractivity contribution in [2.45, 2.75) is 6.61 Å². The predicted octanol–water partition coefficient (Wildman–Crippen LogP) is 0.602. The molecule has 0 aliphatic rings. The van der Waals surface area contributed by atoms with E-state index in [1.807, 2.05) is 0 Å². The van der Waals surface area contributed by atoms with E-state index in [1.54, 1.807) is 0 Å². The van der Waals surface area contributed by atoms with Crippen molar-refractivity contribution in [3.05, 3.63) is 59.7 Å². The molecular formula is C13H9BF5KO. The van der Waals surface area contributed by atoms with E-state index in [-0.39, 0.29) is 62.7 Å². The van der Waals surface area contributed by atoms with Crippen molar-refractivity contribution >= 4 is 12.4 Å². The largest absolute Gasteiger partial charge is 1.00 e. The first-order chi connectivity index (χ1) is 9.38. The van der Waals surface area contributed by atoms with Gasteiger partial charge in [-0.15, -0.1) is 0 Å². The van der Waals surface area contributed by atoms with Crippen molar-refractivity contribution < 1.29 is 77.8 Å². The summed E-state index contributed by atoms with van der Waals surface area (Å²) >= 11 is 0. The third kappa shape index (κ3) is 5.07. The quantitative estimate of drug-likeness (QED) is 0.591. The maximum atomic E-state index is 13.3. The molecule has 0 atom stereocenters. The van der Waals surface area contributed by atoms with E-state index in [4.69, 9.17) is 4.74 Å². The van der Waals surface area contributed by atoms with Crippen molar-refractivity contribution in [2.24, 2.45) is 0 Å². The zero-order valence-corrected chi connectivity index (χ0v) is 14.2. The smallest absolute Gasteiger partial charge is 0.492 e. The maximum Gasteiger partial charge on any atom is 1.00 e. The Hall–Kier alpha value is -0.409. The second-order valence-corrected chi connectivity index (χ2v) is 4.14. The number of halogens is 5. The van der Waals surface area contributed by atoms with Crippen LogP contribution in [0.4, 0.5) is 21.7 Å². The van der Waals surface area contributed by atoms with Crippen LogP contribution in [-0.4, -0.2) is 6.98 Å². The first-order valence-electron chi connectivity index (χ1n) is 5.73. The number of hydrogen-bond acceptors (Lipinski definition) is 1. The Morgan fingerprint density at radius 3 is 2.24 bits per heavy atom. The summed E-state index contributed by atoms with van der Waals surface area (Å²) in [6.07, 6.45) is 0. The molecule has 0 amide bonds. The van der Waals surface area contributed by atoms with Gasteiger partial charge in [0.2, 0.25) is 0 Å². The Bertz CT molecular complexity index is 618. The van der Waals surface area contributed by atoms with Gasteiger partial charge in [-0.1, -0.05) is 23.7 Å². The van der Waals surface area contributed by atoms with Gasteiger partial charge in [-0.25, -0.2) is 8.78 Å². The van der Waals surface area contributed by atoms with Gasteiger partial charge in [-0.3, -0.25) is 0 Å². The Kier molecular flexibility index (Phi) is 6.86. The van der Waals surface area contributed by atoms with Crippen LogP contribution in [0.3, 0.4) is 0 Å². The van der Waals surface area contributed by atoms with E-state index in [2.05, 4.69) is 0 Å². The van der Waals surface area contributed by atoms with Crippen LogP contribution in [0.5, 0.6) is 5.75 Å². The zero-order chi connectivity index (χ0) is 14.8. The van der Waals surface area contributed by atoms with Crippen LogP contribution in [0.1, 0.15) is 5.56 Å². The maximum absolute atomic E-state index is 13.3. The number of ether oxygens (including phenoxy) is 1. The molecule has 0 bridgehead atoms. The molecule has 2 aromatic carbocycles. The van der Waals surface area contributed by atoms with E-state index in [0.717, 1.165) is 24.3 Å². The Morgan fingerprint density at radius 1 is 0.952 bits per heavy atom. The molecule has 0 unspecified atom stereocenters. The summed E-state index contributed by atoms with van der Waals surface area (Å²) in [4.78, 5) is 0. The minimum absolute atomic E-state index is 0. The van der Waals surface area contributed by atoms with Crippen LogP contribution < -0.4 is 61.6 Å². The molecule has 0 radical (unpaired) electrons. The molecule has 0 aliphatic carbocycles. The van der Waals surface area contributed by atoms with Crippen molar-refractivity contribution in [3.63, 3.8) is 0 Å². The molecule has 2 rings (SSSR count). The fourth-order valence-corrected chi connectivity index (χ4v) is 1.68. The zero-order valence-electron chi connectivity index (χ0n) is 11.1. The third-order valence-corrected chi connectivity index (χ3v) is 2.67. The minimum atomic E-state index is -5.21. The second kappa shape index (κ2) is 7.73. The number of benzene rings is 2. The van der Waals surface area contributed by atoms with Crippen molar-refractivity contribution in [2.75, 3.05) is 0 Å². The van der Waals surface area contributed by atoms with Crippen molar-refractivity contribution in [1.29, 1.82) is 0 Å². The molecule has 21 heavy (non-hydrogen) atoms. The molecule has 1 nitrogen and oxygen atoms in total. The first kappa shape index (κ1) is 18.6. The molecule has 8 heteroatoms. The molecule has 0 spiro atoms. The average molecular weight is 326 g/mol. The average Bonchev–Trinajstić information content (AvgIpc) is 2.37. The fourth-order valence-electron chi connectivity index (χ4n) is 1.68. The van der Waals surface area contributed by atoms with Gasteiger partial charge in [0, 0.05) is 11.6 Å². The summed E-state index contributed by atoms with van der Waals surface area (Å²) in [5.74, 6) is -1.99. The Balaban J connectivity index is 0.00000220. The van der Waals surface area contributed by atoms with Crippen LogP contribution >= 0.6 is 0 Å². The topological polar surface area (TPSA) is 9.23 Å². The van der Waals surface area contributed by atoms with Crippen LogP contribution in [-0.2, 0) is 6.61 Å². The van der Waals surface area contributed by atoms with Gasteiger partial charge >= 0.3 is 58.4 Å². The first-order valence-corrected chi connectivity index (χ1v) is 5.73.